The van der Waals surface area contributed by atoms with E-state index in [0.29, 0.717) is 13.2 Å². The smallest absolute Gasteiger partial charge is 0.335 e. The number of hydrogen-bond donors (Lipinski definition) is 2. The van der Waals surface area contributed by atoms with Crippen LogP contribution >= 0.6 is 0 Å². The predicted molar refractivity (Wildman–Crippen MR) is 59.3 cm³/mol. The molecule has 4 nitrogen and oxygen atoms in total. The summed E-state index contributed by atoms with van der Waals surface area (Å²) < 4.78 is 5.37. The molecule has 1 unspecified atom stereocenters. The molecule has 4 heteroatoms. The third-order valence-electron chi connectivity index (χ3n) is 2.18. The lowest BCUT2D eigenvalue weighted by molar-refractivity contribution is 0.0685. The van der Waals surface area contributed by atoms with Crippen LogP contribution in [0.4, 0.5) is 0 Å². The number of aliphatic hydroxyl groups excluding tert-OH is 1. The van der Waals surface area contributed by atoms with Gasteiger partial charge in [-0.3, -0.25) is 0 Å². The van der Waals surface area contributed by atoms with Crippen molar-refractivity contribution in [2.75, 3.05) is 13.2 Å². The van der Waals surface area contributed by atoms with Crippen molar-refractivity contribution in [3.05, 3.63) is 35.4 Å². The van der Waals surface area contributed by atoms with Gasteiger partial charge in [0.2, 0.25) is 0 Å². The minimum absolute atomic E-state index is 0.109. The van der Waals surface area contributed by atoms with Crippen LogP contribution < -0.4 is 0 Å². The van der Waals surface area contributed by atoms with Crippen molar-refractivity contribution in [1.29, 1.82) is 0 Å². The second-order valence-corrected chi connectivity index (χ2v) is 3.80. The molecule has 1 aromatic rings. The molecule has 1 aromatic carbocycles. The van der Waals surface area contributed by atoms with E-state index in [-0.39, 0.29) is 18.1 Å². The summed E-state index contributed by atoms with van der Waals surface area (Å²) in [4.78, 5) is 10.6. The van der Waals surface area contributed by atoms with E-state index in [9.17, 15) is 4.79 Å². The zero-order chi connectivity index (χ0) is 12.0. The first-order valence-corrected chi connectivity index (χ1v) is 5.14. The number of carbonyl (C=O) groups is 1. The van der Waals surface area contributed by atoms with Crippen molar-refractivity contribution in [2.24, 2.45) is 5.92 Å². The second kappa shape index (κ2) is 6.25. The van der Waals surface area contributed by atoms with Crippen molar-refractivity contribution in [3.8, 4) is 0 Å². The van der Waals surface area contributed by atoms with Gasteiger partial charge in [-0.05, 0) is 17.7 Å². The summed E-state index contributed by atoms with van der Waals surface area (Å²) in [6.45, 7) is 2.94. The molecular weight excluding hydrogens is 208 g/mol. The molecule has 0 aromatic heterocycles. The van der Waals surface area contributed by atoms with Gasteiger partial charge in [-0.25, -0.2) is 4.79 Å². The van der Waals surface area contributed by atoms with Crippen molar-refractivity contribution >= 4 is 5.97 Å². The van der Waals surface area contributed by atoms with E-state index >= 15 is 0 Å². The average Bonchev–Trinajstić information content (AvgIpc) is 2.29. The lowest BCUT2D eigenvalue weighted by atomic mass is 10.1. The molecule has 0 aliphatic rings. The second-order valence-electron chi connectivity index (χ2n) is 3.80. The van der Waals surface area contributed by atoms with Gasteiger partial charge in [0.1, 0.15) is 0 Å². The summed E-state index contributed by atoms with van der Waals surface area (Å²) >= 11 is 0. The summed E-state index contributed by atoms with van der Waals surface area (Å²) in [6.07, 6.45) is 0. The van der Waals surface area contributed by atoms with Crippen molar-refractivity contribution in [1.82, 2.24) is 0 Å². The van der Waals surface area contributed by atoms with E-state index in [2.05, 4.69) is 0 Å². The zero-order valence-electron chi connectivity index (χ0n) is 9.22. The molecular formula is C12H16O4. The summed E-state index contributed by atoms with van der Waals surface area (Å²) in [5, 5.41) is 17.5. The maximum absolute atomic E-state index is 10.6. The van der Waals surface area contributed by atoms with Crippen LogP contribution in [-0.2, 0) is 11.3 Å². The molecule has 0 amide bonds. The fraction of sp³-hybridized carbons (Fsp3) is 0.417. The third kappa shape index (κ3) is 4.00. The molecule has 1 atom stereocenters. The Kier molecular flexibility index (Phi) is 4.95. The Bertz CT molecular complexity index is 331. The lowest BCUT2D eigenvalue weighted by Gasteiger charge is -2.08. The molecule has 0 fully saturated rings. The first-order chi connectivity index (χ1) is 7.63. The summed E-state index contributed by atoms with van der Waals surface area (Å²) in [7, 11) is 0. The van der Waals surface area contributed by atoms with E-state index < -0.39 is 5.97 Å². The van der Waals surface area contributed by atoms with Gasteiger partial charge in [-0.15, -0.1) is 0 Å². The fourth-order valence-electron chi connectivity index (χ4n) is 1.17. The van der Waals surface area contributed by atoms with Crippen LogP contribution in [0.1, 0.15) is 22.8 Å². The summed E-state index contributed by atoms with van der Waals surface area (Å²) in [6, 6.07) is 6.56. The number of aliphatic hydroxyl groups is 1. The van der Waals surface area contributed by atoms with E-state index in [1.54, 1.807) is 24.3 Å². The van der Waals surface area contributed by atoms with E-state index in [1.165, 1.54) is 0 Å². The molecule has 0 bridgehead atoms. The van der Waals surface area contributed by atoms with Gasteiger partial charge in [-0.2, -0.15) is 0 Å². The normalized spacial score (nSPS) is 12.4. The fourth-order valence-corrected chi connectivity index (χ4v) is 1.17. The highest BCUT2D eigenvalue weighted by Gasteiger charge is 2.03. The molecule has 0 aliphatic carbocycles. The van der Waals surface area contributed by atoms with Gasteiger partial charge >= 0.3 is 5.97 Å². The predicted octanol–water partition coefficient (Wildman–Crippen LogP) is 1.53. The van der Waals surface area contributed by atoms with E-state index in [1.807, 2.05) is 6.92 Å². The highest BCUT2D eigenvalue weighted by molar-refractivity contribution is 5.87. The van der Waals surface area contributed by atoms with Gasteiger partial charge in [0.15, 0.2) is 0 Å². The number of aromatic carboxylic acids is 1. The molecule has 2 N–H and O–H groups in total. The lowest BCUT2D eigenvalue weighted by Crippen LogP contribution is -2.09. The largest absolute Gasteiger partial charge is 0.478 e. The van der Waals surface area contributed by atoms with Crippen LogP contribution in [0.15, 0.2) is 24.3 Å². The maximum Gasteiger partial charge on any atom is 0.335 e. The van der Waals surface area contributed by atoms with Gasteiger partial charge in [-0.1, -0.05) is 19.1 Å². The maximum atomic E-state index is 10.6. The Balaban J connectivity index is 2.40. The highest BCUT2D eigenvalue weighted by atomic mass is 16.5. The molecule has 0 heterocycles. The zero-order valence-corrected chi connectivity index (χ0v) is 9.22. The van der Waals surface area contributed by atoms with Crippen LogP contribution in [-0.4, -0.2) is 29.4 Å². The average molecular weight is 224 g/mol. The van der Waals surface area contributed by atoms with Crippen LogP contribution in [0.3, 0.4) is 0 Å². The molecule has 0 saturated carbocycles. The summed E-state index contributed by atoms with van der Waals surface area (Å²) in [5.41, 5.74) is 1.20. The molecule has 0 aliphatic heterocycles. The van der Waals surface area contributed by atoms with Gasteiger partial charge in [0, 0.05) is 12.5 Å². The first kappa shape index (κ1) is 12.7. The minimum atomic E-state index is -0.929. The molecule has 1 rings (SSSR count). The van der Waals surface area contributed by atoms with Crippen LogP contribution in [0.2, 0.25) is 0 Å². The quantitative estimate of drug-likeness (QED) is 0.769. The molecule has 0 spiro atoms. The molecule has 0 radical (unpaired) electrons. The van der Waals surface area contributed by atoms with Gasteiger partial charge in [0.25, 0.3) is 0 Å². The highest BCUT2D eigenvalue weighted by Crippen LogP contribution is 2.06. The van der Waals surface area contributed by atoms with Crippen molar-refractivity contribution in [3.63, 3.8) is 0 Å². The van der Waals surface area contributed by atoms with E-state index in [0.717, 1.165) is 5.56 Å². The number of ether oxygens (including phenoxy) is 1. The van der Waals surface area contributed by atoms with Crippen LogP contribution in [0.5, 0.6) is 0 Å². The Morgan fingerprint density at radius 2 is 2.00 bits per heavy atom. The molecule has 0 saturated heterocycles. The first-order valence-electron chi connectivity index (χ1n) is 5.14. The monoisotopic (exact) mass is 224 g/mol. The Hall–Kier alpha value is -1.39. The number of hydrogen-bond acceptors (Lipinski definition) is 3. The number of rotatable bonds is 6. The topological polar surface area (TPSA) is 66.8 Å². The Morgan fingerprint density at radius 3 is 2.50 bits per heavy atom. The minimum Gasteiger partial charge on any atom is -0.478 e. The summed E-state index contributed by atoms with van der Waals surface area (Å²) in [5.74, 6) is -0.806. The van der Waals surface area contributed by atoms with Crippen molar-refractivity contribution < 1.29 is 19.7 Å². The Labute approximate surface area is 94.5 Å². The standard InChI is InChI=1S/C12H16O4/c1-9(6-13)7-16-8-10-2-4-11(5-3-10)12(14)15/h2-5,9,13H,6-8H2,1H3,(H,14,15). The van der Waals surface area contributed by atoms with Crippen LogP contribution in [0, 0.1) is 5.92 Å². The number of benzene rings is 1. The molecule has 88 valence electrons. The number of carboxylic acid groups (broad SMARTS) is 1. The van der Waals surface area contributed by atoms with Gasteiger partial charge < -0.3 is 14.9 Å². The van der Waals surface area contributed by atoms with Crippen LogP contribution in [0.25, 0.3) is 0 Å². The number of carboxylic acids is 1. The Morgan fingerprint density at radius 1 is 1.38 bits per heavy atom. The van der Waals surface area contributed by atoms with Gasteiger partial charge in [0.05, 0.1) is 18.8 Å². The van der Waals surface area contributed by atoms with Crippen molar-refractivity contribution in [2.45, 2.75) is 13.5 Å². The van der Waals surface area contributed by atoms with E-state index in [4.69, 9.17) is 14.9 Å². The SMILES string of the molecule is CC(CO)COCc1ccc(C(=O)O)cc1. The molecule has 16 heavy (non-hydrogen) atoms. The third-order valence-corrected chi connectivity index (χ3v) is 2.18.